The molecule has 1 nitrogen and oxygen atoms in total. The zero-order valence-corrected chi connectivity index (χ0v) is 13.0. The van der Waals surface area contributed by atoms with Gasteiger partial charge in [-0.3, -0.25) is 0 Å². The third-order valence-electron chi connectivity index (χ3n) is 2.95. The van der Waals surface area contributed by atoms with Gasteiger partial charge in [0.2, 0.25) is 0 Å². The van der Waals surface area contributed by atoms with Crippen LogP contribution in [0.1, 0.15) is 5.56 Å². The summed E-state index contributed by atoms with van der Waals surface area (Å²) in [5, 5.41) is 11.6. The molecular weight excluding hydrogens is 303 g/mol. The van der Waals surface area contributed by atoms with Crippen LogP contribution < -0.4 is 3.58 Å². The Balaban J connectivity index is 2.56. The maximum atomic E-state index is 9.09. The van der Waals surface area contributed by atoms with Crippen molar-refractivity contribution in [1.82, 2.24) is 0 Å². The second-order valence-electron chi connectivity index (χ2n) is 5.30. The van der Waals surface area contributed by atoms with Gasteiger partial charge in [0.15, 0.2) is 0 Å². The van der Waals surface area contributed by atoms with E-state index < -0.39 is 18.4 Å². The van der Waals surface area contributed by atoms with Crippen molar-refractivity contribution in [1.29, 1.82) is 0 Å². The van der Waals surface area contributed by atoms with Gasteiger partial charge < -0.3 is 0 Å². The average molecular weight is 321 g/mol. The van der Waals surface area contributed by atoms with Crippen LogP contribution in [0.25, 0.3) is 10.8 Å². The van der Waals surface area contributed by atoms with Gasteiger partial charge >= 0.3 is 101 Å². The Kier molecular flexibility index (Phi) is 3.26. The Morgan fingerprint density at radius 2 is 1.56 bits per heavy atom. The fourth-order valence-corrected chi connectivity index (χ4v) is 5.20. The number of benzene rings is 2. The molecule has 0 aliphatic rings. The topological polar surface area (TPSA) is 20.2 Å². The van der Waals surface area contributed by atoms with E-state index >= 15 is 0 Å². The summed E-state index contributed by atoms with van der Waals surface area (Å²) in [6, 6.07) is 13.0. The van der Waals surface area contributed by atoms with Crippen LogP contribution in [0, 0.1) is 0 Å². The molecule has 0 saturated carbocycles. The molecule has 2 rings (SSSR count). The molecule has 0 unspecified atom stereocenters. The fraction of sp³-hybridized carbons (Fsp3) is 0.286. The van der Waals surface area contributed by atoms with Gasteiger partial charge in [0, 0.05) is 0 Å². The van der Waals surface area contributed by atoms with Gasteiger partial charge in [-0.15, -0.1) is 0 Å². The summed E-state index contributed by atoms with van der Waals surface area (Å²) in [6.07, 6.45) is 0. The van der Waals surface area contributed by atoms with Crippen LogP contribution in [0.3, 0.4) is 0 Å². The van der Waals surface area contributed by atoms with E-state index in [-0.39, 0.29) is 6.61 Å². The van der Waals surface area contributed by atoms with Crippen molar-refractivity contribution in [2.45, 2.75) is 21.4 Å². The summed E-state index contributed by atoms with van der Waals surface area (Å²) in [6.45, 7) is 0.121. The van der Waals surface area contributed by atoms with Gasteiger partial charge in [0.1, 0.15) is 0 Å². The summed E-state index contributed by atoms with van der Waals surface area (Å²) in [7, 11) is 0. The minimum atomic E-state index is -1.94. The van der Waals surface area contributed by atoms with E-state index in [4.69, 9.17) is 5.11 Å². The first-order valence-electron chi connectivity index (χ1n) is 5.65. The van der Waals surface area contributed by atoms with Crippen LogP contribution in [-0.4, -0.2) is 23.5 Å². The minimum absolute atomic E-state index is 0.121. The summed E-state index contributed by atoms with van der Waals surface area (Å²) in [5.74, 6) is 0. The van der Waals surface area contributed by atoms with Crippen molar-refractivity contribution in [3.05, 3.63) is 42.0 Å². The molecule has 2 aromatic carbocycles. The van der Waals surface area contributed by atoms with E-state index in [1.165, 1.54) is 10.8 Å². The fourth-order valence-electron chi connectivity index (χ4n) is 1.86. The van der Waals surface area contributed by atoms with E-state index in [1.807, 2.05) is 6.07 Å². The van der Waals surface area contributed by atoms with Gasteiger partial charge in [-0.05, 0) is 0 Å². The molecule has 0 heterocycles. The Labute approximate surface area is 101 Å². The van der Waals surface area contributed by atoms with Crippen molar-refractivity contribution in [3.63, 3.8) is 0 Å². The molecule has 16 heavy (non-hydrogen) atoms. The van der Waals surface area contributed by atoms with Crippen molar-refractivity contribution in [2.24, 2.45) is 0 Å². The number of aliphatic hydroxyl groups excluding tert-OH is 1. The molecule has 0 aliphatic heterocycles. The Morgan fingerprint density at radius 3 is 2.19 bits per heavy atom. The predicted molar refractivity (Wildman–Crippen MR) is 72.9 cm³/mol. The SMILES string of the molecule is [CH3][Sn]([CH3])([CH3])[c]1ccc2cc(CO)ccc2c1. The van der Waals surface area contributed by atoms with Crippen LogP contribution in [0.2, 0.25) is 14.8 Å². The number of hydrogen-bond acceptors (Lipinski definition) is 1. The molecule has 0 bridgehead atoms. The van der Waals surface area contributed by atoms with Crippen molar-refractivity contribution in [2.75, 3.05) is 0 Å². The molecule has 0 aromatic heterocycles. The average Bonchev–Trinajstić information content (AvgIpc) is 2.26. The van der Waals surface area contributed by atoms with Gasteiger partial charge in [-0.1, -0.05) is 0 Å². The molecule has 2 heteroatoms. The normalized spacial score (nSPS) is 12.0. The molecule has 0 fully saturated rings. The molecule has 1 N–H and O–H groups in total. The summed E-state index contributed by atoms with van der Waals surface area (Å²) in [5.41, 5.74) is 0.986. The van der Waals surface area contributed by atoms with E-state index in [0.29, 0.717) is 0 Å². The van der Waals surface area contributed by atoms with Crippen LogP contribution in [-0.2, 0) is 6.61 Å². The first-order chi connectivity index (χ1) is 7.50. The monoisotopic (exact) mass is 322 g/mol. The van der Waals surface area contributed by atoms with E-state index in [2.05, 4.69) is 45.2 Å². The molecule has 0 saturated heterocycles. The van der Waals surface area contributed by atoms with Crippen molar-refractivity contribution < 1.29 is 5.11 Å². The molecule has 0 aliphatic carbocycles. The first-order valence-corrected chi connectivity index (χ1v) is 15.6. The summed E-state index contributed by atoms with van der Waals surface area (Å²) >= 11 is -1.94. The molecule has 0 amide bonds. The van der Waals surface area contributed by atoms with Crippen LogP contribution >= 0.6 is 0 Å². The van der Waals surface area contributed by atoms with Crippen LogP contribution in [0.5, 0.6) is 0 Å². The molecule has 84 valence electrons. The second kappa shape index (κ2) is 4.38. The van der Waals surface area contributed by atoms with Crippen molar-refractivity contribution >= 4 is 32.7 Å². The van der Waals surface area contributed by atoms with Crippen LogP contribution in [0.15, 0.2) is 36.4 Å². The standard InChI is InChI=1S/C11H9O.3CH3.Sn/c12-8-9-5-6-10-3-1-2-4-11(10)7-9;;;;/h2-7,12H,8H2;3*1H3;. The van der Waals surface area contributed by atoms with E-state index in [9.17, 15) is 0 Å². The second-order valence-corrected chi connectivity index (χ2v) is 19.8. The van der Waals surface area contributed by atoms with Gasteiger partial charge in [-0.25, -0.2) is 0 Å². The van der Waals surface area contributed by atoms with Gasteiger partial charge in [0.25, 0.3) is 0 Å². The Morgan fingerprint density at radius 1 is 0.938 bits per heavy atom. The van der Waals surface area contributed by atoms with Gasteiger partial charge in [-0.2, -0.15) is 0 Å². The maximum absolute atomic E-state index is 9.09. The zero-order chi connectivity index (χ0) is 11.8. The van der Waals surface area contributed by atoms with Crippen LogP contribution in [0.4, 0.5) is 0 Å². The molecule has 0 atom stereocenters. The number of rotatable bonds is 2. The number of hydrogen-bond donors (Lipinski definition) is 1. The Hall–Kier alpha value is -0.541. The number of aliphatic hydroxyl groups is 1. The Bertz CT molecular complexity index is 512. The number of fused-ring (bicyclic) bond motifs is 1. The zero-order valence-electron chi connectivity index (χ0n) is 10.1. The predicted octanol–water partition coefficient (Wildman–Crippen LogP) is 2.88. The third kappa shape index (κ3) is 2.41. The quantitative estimate of drug-likeness (QED) is 0.844. The molecule has 0 spiro atoms. The van der Waals surface area contributed by atoms with Gasteiger partial charge in [0.05, 0.1) is 0 Å². The molecule has 0 radical (unpaired) electrons. The summed E-state index contributed by atoms with van der Waals surface area (Å²) < 4.78 is 1.55. The van der Waals surface area contributed by atoms with Crippen molar-refractivity contribution in [3.8, 4) is 0 Å². The van der Waals surface area contributed by atoms with E-state index in [0.717, 1.165) is 5.56 Å². The molecule has 2 aromatic rings. The first kappa shape index (κ1) is 11.9. The van der Waals surface area contributed by atoms with E-state index in [1.54, 1.807) is 3.58 Å². The third-order valence-corrected chi connectivity index (χ3v) is 8.78. The molecular formula is C14H18OSn. The summed E-state index contributed by atoms with van der Waals surface area (Å²) in [4.78, 5) is 7.29.